The zero-order valence-electron chi connectivity index (χ0n) is 7.66. The van der Waals surface area contributed by atoms with Crippen molar-refractivity contribution >= 4 is 0 Å². The summed E-state index contributed by atoms with van der Waals surface area (Å²) in [5.74, 6) is 0.610. The van der Waals surface area contributed by atoms with Crippen LogP contribution in [0, 0.1) is 5.92 Å². The highest BCUT2D eigenvalue weighted by Gasteiger charge is 2.21. The van der Waals surface area contributed by atoms with Crippen LogP contribution in [0.25, 0.3) is 0 Å². The number of hydrogen-bond acceptors (Lipinski definition) is 3. The summed E-state index contributed by atoms with van der Waals surface area (Å²) in [6.45, 7) is 3.37. The highest BCUT2D eigenvalue weighted by molar-refractivity contribution is 4.76. The van der Waals surface area contributed by atoms with Crippen LogP contribution in [0.1, 0.15) is 26.2 Å². The molecule has 1 saturated carbocycles. The Labute approximate surface area is 73.8 Å². The molecule has 1 aliphatic rings. The molecule has 3 heteroatoms. The van der Waals surface area contributed by atoms with E-state index in [0.717, 1.165) is 25.8 Å². The quantitative estimate of drug-likeness (QED) is 0.566. The van der Waals surface area contributed by atoms with Crippen molar-refractivity contribution in [1.29, 1.82) is 0 Å². The van der Waals surface area contributed by atoms with E-state index in [2.05, 4.69) is 5.32 Å². The first-order valence-corrected chi connectivity index (χ1v) is 4.75. The van der Waals surface area contributed by atoms with Gasteiger partial charge in [0.1, 0.15) is 0 Å². The minimum atomic E-state index is -0.267. The highest BCUT2D eigenvalue weighted by Crippen LogP contribution is 2.24. The third-order valence-corrected chi connectivity index (χ3v) is 2.39. The first kappa shape index (κ1) is 9.96. The molecule has 0 aliphatic heterocycles. The average Bonchev–Trinajstić information content (AvgIpc) is 2.35. The lowest BCUT2D eigenvalue weighted by Crippen LogP contribution is -2.28. The Bertz CT molecular complexity index is 128. The van der Waals surface area contributed by atoms with Gasteiger partial charge in [0.05, 0.1) is 12.2 Å². The molecule has 12 heavy (non-hydrogen) atoms. The van der Waals surface area contributed by atoms with E-state index in [-0.39, 0.29) is 12.2 Å². The maximum Gasteiger partial charge on any atom is 0.0636 e. The van der Waals surface area contributed by atoms with Gasteiger partial charge in [0.25, 0.3) is 0 Å². The van der Waals surface area contributed by atoms with E-state index in [1.54, 1.807) is 6.92 Å². The third-order valence-electron chi connectivity index (χ3n) is 2.39. The predicted octanol–water partition coefficient (Wildman–Crippen LogP) is 0.118. The topological polar surface area (TPSA) is 52.5 Å². The molecule has 0 bridgehead atoms. The standard InChI is InChI=1S/C9H19NO2/c1-7(11)5-10-6-8-2-3-9(12)4-8/h7-12H,2-6H2,1H3/t7-,8?,9?/m0/s1. The van der Waals surface area contributed by atoms with Gasteiger partial charge in [0.15, 0.2) is 0 Å². The lowest BCUT2D eigenvalue weighted by molar-refractivity contribution is 0.174. The molecule has 0 aromatic carbocycles. The van der Waals surface area contributed by atoms with E-state index >= 15 is 0 Å². The summed E-state index contributed by atoms with van der Waals surface area (Å²) in [7, 11) is 0. The molecule has 0 radical (unpaired) electrons. The largest absolute Gasteiger partial charge is 0.393 e. The van der Waals surface area contributed by atoms with Crippen molar-refractivity contribution in [2.75, 3.05) is 13.1 Å². The van der Waals surface area contributed by atoms with Crippen molar-refractivity contribution in [3.05, 3.63) is 0 Å². The first-order valence-electron chi connectivity index (χ1n) is 4.75. The number of rotatable bonds is 4. The van der Waals surface area contributed by atoms with Crippen LogP contribution in [0.4, 0.5) is 0 Å². The smallest absolute Gasteiger partial charge is 0.0636 e. The summed E-state index contributed by atoms with van der Waals surface area (Å²) in [4.78, 5) is 0. The Morgan fingerprint density at radius 1 is 1.50 bits per heavy atom. The molecule has 1 rings (SSSR count). The molecule has 0 amide bonds. The fourth-order valence-corrected chi connectivity index (χ4v) is 1.73. The second-order valence-electron chi connectivity index (χ2n) is 3.84. The van der Waals surface area contributed by atoms with E-state index in [1.807, 2.05) is 0 Å². The van der Waals surface area contributed by atoms with Gasteiger partial charge in [-0.1, -0.05) is 0 Å². The first-order chi connectivity index (χ1) is 5.68. The second-order valence-corrected chi connectivity index (χ2v) is 3.84. The molecule has 3 nitrogen and oxygen atoms in total. The van der Waals surface area contributed by atoms with E-state index in [1.165, 1.54) is 0 Å². The summed E-state index contributed by atoms with van der Waals surface area (Å²) < 4.78 is 0. The molecule has 0 aromatic rings. The van der Waals surface area contributed by atoms with Gasteiger partial charge in [-0.2, -0.15) is 0 Å². The molecular formula is C9H19NO2. The van der Waals surface area contributed by atoms with Gasteiger partial charge in [0, 0.05) is 6.54 Å². The van der Waals surface area contributed by atoms with Gasteiger partial charge in [-0.3, -0.25) is 0 Å². The molecule has 1 aliphatic carbocycles. The second kappa shape index (κ2) is 4.80. The Morgan fingerprint density at radius 2 is 2.25 bits per heavy atom. The molecular weight excluding hydrogens is 154 g/mol. The zero-order valence-corrected chi connectivity index (χ0v) is 7.66. The maximum absolute atomic E-state index is 9.23. The van der Waals surface area contributed by atoms with Crippen molar-refractivity contribution in [2.24, 2.45) is 5.92 Å². The Balaban J connectivity index is 2.00. The Kier molecular flexibility index (Phi) is 3.98. The van der Waals surface area contributed by atoms with Crippen molar-refractivity contribution in [2.45, 2.75) is 38.4 Å². The van der Waals surface area contributed by atoms with Crippen LogP contribution in [0.3, 0.4) is 0 Å². The van der Waals surface area contributed by atoms with Gasteiger partial charge in [-0.05, 0) is 38.6 Å². The van der Waals surface area contributed by atoms with Gasteiger partial charge in [0.2, 0.25) is 0 Å². The molecule has 1 fully saturated rings. The van der Waals surface area contributed by atoms with E-state index in [4.69, 9.17) is 5.11 Å². The van der Waals surface area contributed by atoms with Crippen molar-refractivity contribution < 1.29 is 10.2 Å². The Hall–Kier alpha value is -0.120. The fourth-order valence-electron chi connectivity index (χ4n) is 1.73. The molecule has 3 N–H and O–H groups in total. The monoisotopic (exact) mass is 173 g/mol. The van der Waals surface area contributed by atoms with Gasteiger partial charge in [-0.15, -0.1) is 0 Å². The molecule has 0 aromatic heterocycles. The number of aliphatic hydroxyl groups is 2. The molecule has 0 saturated heterocycles. The molecule has 0 heterocycles. The molecule has 3 atom stereocenters. The molecule has 2 unspecified atom stereocenters. The van der Waals surface area contributed by atoms with Crippen LogP contribution in [-0.2, 0) is 0 Å². The highest BCUT2D eigenvalue weighted by atomic mass is 16.3. The van der Waals surface area contributed by atoms with Gasteiger partial charge in [-0.25, -0.2) is 0 Å². The molecule has 0 spiro atoms. The number of nitrogens with one attached hydrogen (secondary N) is 1. The number of hydrogen-bond donors (Lipinski definition) is 3. The predicted molar refractivity (Wildman–Crippen MR) is 47.9 cm³/mol. The van der Waals surface area contributed by atoms with Gasteiger partial charge >= 0.3 is 0 Å². The minimum absolute atomic E-state index is 0.0802. The summed E-state index contributed by atoms with van der Waals surface area (Å²) in [5.41, 5.74) is 0. The van der Waals surface area contributed by atoms with Crippen LogP contribution >= 0.6 is 0 Å². The van der Waals surface area contributed by atoms with E-state index in [9.17, 15) is 5.11 Å². The maximum atomic E-state index is 9.23. The molecule has 72 valence electrons. The van der Waals surface area contributed by atoms with Crippen LogP contribution in [0.15, 0.2) is 0 Å². The third kappa shape index (κ3) is 3.52. The average molecular weight is 173 g/mol. The summed E-state index contributed by atoms with van der Waals surface area (Å²) in [6.07, 6.45) is 2.64. The van der Waals surface area contributed by atoms with Crippen LogP contribution < -0.4 is 5.32 Å². The normalized spacial score (nSPS) is 32.2. The van der Waals surface area contributed by atoms with Crippen LogP contribution in [-0.4, -0.2) is 35.5 Å². The Morgan fingerprint density at radius 3 is 2.75 bits per heavy atom. The fraction of sp³-hybridized carbons (Fsp3) is 1.00. The minimum Gasteiger partial charge on any atom is -0.393 e. The lowest BCUT2D eigenvalue weighted by Gasteiger charge is -2.11. The van der Waals surface area contributed by atoms with Crippen molar-refractivity contribution in [3.8, 4) is 0 Å². The van der Waals surface area contributed by atoms with Crippen molar-refractivity contribution in [1.82, 2.24) is 5.32 Å². The SMILES string of the molecule is C[C@H](O)CNCC1CCC(O)C1. The van der Waals surface area contributed by atoms with E-state index in [0.29, 0.717) is 12.5 Å². The van der Waals surface area contributed by atoms with E-state index < -0.39 is 0 Å². The van der Waals surface area contributed by atoms with Gasteiger partial charge < -0.3 is 15.5 Å². The van der Waals surface area contributed by atoms with Crippen molar-refractivity contribution in [3.63, 3.8) is 0 Å². The van der Waals surface area contributed by atoms with Crippen LogP contribution in [0.2, 0.25) is 0 Å². The summed E-state index contributed by atoms with van der Waals surface area (Å²) in [5, 5.41) is 21.4. The summed E-state index contributed by atoms with van der Waals surface area (Å²) in [6, 6.07) is 0. The van der Waals surface area contributed by atoms with Crippen LogP contribution in [0.5, 0.6) is 0 Å². The number of aliphatic hydroxyl groups excluding tert-OH is 2. The zero-order chi connectivity index (χ0) is 8.97. The summed E-state index contributed by atoms with van der Waals surface area (Å²) >= 11 is 0. The lowest BCUT2D eigenvalue weighted by atomic mass is 10.1.